The van der Waals surface area contributed by atoms with Crippen molar-refractivity contribution in [1.82, 2.24) is 10.2 Å². The molecule has 0 spiro atoms. The first-order valence-electron chi connectivity index (χ1n) is 7.65. The van der Waals surface area contributed by atoms with Crippen molar-refractivity contribution in [2.75, 3.05) is 19.6 Å². The molecule has 0 aliphatic rings. The summed E-state index contributed by atoms with van der Waals surface area (Å²) in [6.07, 6.45) is 2.34. The summed E-state index contributed by atoms with van der Waals surface area (Å²) in [6.45, 7) is 14.8. The minimum atomic E-state index is 0.184. The average Bonchev–Trinajstić information content (AvgIpc) is 2.94. The Morgan fingerprint density at radius 1 is 1.26 bits per heavy atom. The predicted molar refractivity (Wildman–Crippen MR) is 87.0 cm³/mol. The molecule has 0 saturated heterocycles. The van der Waals surface area contributed by atoms with Gasteiger partial charge in [0.05, 0.1) is 6.04 Å². The van der Waals surface area contributed by atoms with Gasteiger partial charge in [0, 0.05) is 10.4 Å². The van der Waals surface area contributed by atoms with Gasteiger partial charge in [-0.05, 0) is 50.8 Å². The highest BCUT2D eigenvalue weighted by atomic mass is 32.1. The molecule has 1 heterocycles. The number of nitrogens with zero attached hydrogens (tertiary/aromatic N) is 1. The molecule has 0 fully saturated rings. The molecule has 0 aliphatic heterocycles. The second kappa shape index (κ2) is 8.03. The van der Waals surface area contributed by atoms with Crippen molar-refractivity contribution in [3.05, 3.63) is 22.4 Å². The molecule has 1 rings (SSSR count). The van der Waals surface area contributed by atoms with E-state index in [0.717, 1.165) is 26.1 Å². The minimum Gasteiger partial charge on any atom is -0.308 e. The molecule has 1 aromatic heterocycles. The molecule has 2 atom stereocenters. The highest BCUT2D eigenvalue weighted by Gasteiger charge is 2.37. The van der Waals surface area contributed by atoms with Crippen LogP contribution < -0.4 is 5.32 Å². The van der Waals surface area contributed by atoms with E-state index in [1.54, 1.807) is 0 Å². The predicted octanol–water partition coefficient (Wildman–Crippen LogP) is 4.30. The van der Waals surface area contributed by atoms with E-state index in [1.165, 1.54) is 11.3 Å². The molecule has 0 aliphatic carbocycles. The molecule has 2 unspecified atom stereocenters. The van der Waals surface area contributed by atoms with Crippen LogP contribution in [0.1, 0.15) is 58.4 Å². The highest BCUT2D eigenvalue weighted by molar-refractivity contribution is 7.10. The van der Waals surface area contributed by atoms with Gasteiger partial charge in [-0.15, -0.1) is 11.3 Å². The molecule has 0 aromatic carbocycles. The summed E-state index contributed by atoms with van der Waals surface area (Å²) in [6, 6.07) is 4.87. The van der Waals surface area contributed by atoms with Crippen LogP contribution in [0.4, 0.5) is 0 Å². The highest BCUT2D eigenvalue weighted by Crippen LogP contribution is 2.36. The first-order chi connectivity index (χ1) is 9.13. The maximum Gasteiger partial charge on any atom is 0.0599 e. The number of hydrogen-bond donors (Lipinski definition) is 1. The molecule has 1 N–H and O–H groups in total. The molecule has 19 heavy (non-hydrogen) atoms. The van der Waals surface area contributed by atoms with E-state index in [-0.39, 0.29) is 5.54 Å². The zero-order chi connectivity index (χ0) is 14.3. The van der Waals surface area contributed by atoms with Crippen LogP contribution in [0.15, 0.2) is 17.5 Å². The third-order valence-corrected chi connectivity index (χ3v) is 5.19. The molecular formula is C16H30N2S. The lowest BCUT2D eigenvalue weighted by Crippen LogP contribution is -2.54. The lowest BCUT2D eigenvalue weighted by atomic mass is 9.86. The second-order valence-electron chi connectivity index (χ2n) is 5.29. The normalized spacial score (nSPS) is 16.5. The van der Waals surface area contributed by atoms with Crippen molar-refractivity contribution in [2.45, 2.75) is 59.0 Å². The Morgan fingerprint density at radius 2 is 1.95 bits per heavy atom. The number of thiophene rings is 1. The fourth-order valence-electron chi connectivity index (χ4n) is 2.93. The fraction of sp³-hybridized carbons (Fsp3) is 0.750. The van der Waals surface area contributed by atoms with Gasteiger partial charge < -0.3 is 5.32 Å². The molecule has 2 nitrogen and oxygen atoms in total. The monoisotopic (exact) mass is 282 g/mol. The SMILES string of the molecule is CCCNC(c1cccs1)C(C)(CC)N(CC)CC. The zero-order valence-electron chi connectivity index (χ0n) is 13.2. The van der Waals surface area contributed by atoms with Crippen molar-refractivity contribution in [3.63, 3.8) is 0 Å². The Bertz CT molecular complexity index is 333. The Kier molecular flexibility index (Phi) is 7.05. The van der Waals surface area contributed by atoms with Crippen molar-refractivity contribution in [3.8, 4) is 0 Å². The molecule has 0 saturated carbocycles. The van der Waals surface area contributed by atoms with Gasteiger partial charge in [0.2, 0.25) is 0 Å². The van der Waals surface area contributed by atoms with Crippen molar-refractivity contribution in [2.24, 2.45) is 0 Å². The van der Waals surface area contributed by atoms with E-state index >= 15 is 0 Å². The van der Waals surface area contributed by atoms with Crippen LogP contribution in [-0.4, -0.2) is 30.1 Å². The number of nitrogens with one attached hydrogen (secondary N) is 1. The fourth-order valence-corrected chi connectivity index (χ4v) is 3.87. The Balaban J connectivity index is 3.04. The molecular weight excluding hydrogens is 252 g/mol. The Morgan fingerprint density at radius 3 is 2.37 bits per heavy atom. The van der Waals surface area contributed by atoms with Crippen LogP contribution >= 0.6 is 11.3 Å². The van der Waals surface area contributed by atoms with Gasteiger partial charge in [0.25, 0.3) is 0 Å². The average molecular weight is 282 g/mol. The van der Waals surface area contributed by atoms with E-state index < -0.39 is 0 Å². The standard InChI is InChI=1S/C16H30N2S/c1-6-12-17-15(14-11-10-13-19-14)16(5,7-2)18(8-3)9-4/h10-11,13,15,17H,6-9,12H2,1-5H3. The number of rotatable bonds is 9. The van der Waals surface area contributed by atoms with Gasteiger partial charge in [-0.2, -0.15) is 0 Å². The van der Waals surface area contributed by atoms with Gasteiger partial charge in [-0.3, -0.25) is 4.90 Å². The summed E-state index contributed by atoms with van der Waals surface area (Å²) in [4.78, 5) is 4.06. The van der Waals surface area contributed by atoms with Crippen LogP contribution in [-0.2, 0) is 0 Å². The molecule has 110 valence electrons. The van der Waals surface area contributed by atoms with Crippen LogP contribution in [0.3, 0.4) is 0 Å². The summed E-state index contributed by atoms with van der Waals surface area (Å²) >= 11 is 1.87. The molecule has 0 radical (unpaired) electrons. The summed E-state index contributed by atoms with van der Waals surface area (Å²) in [5, 5.41) is 5.97. The van der Waals surface area contributed by atoms with Gasteiger partial charge in [0.15, 0.2) is 0 Å². The van der Waals surface area contributed by atoms with Crippen LogP contribution in [0, 0.1) is 0 Å². The van der Waals surface area contributed by atoms with Crippen molar-refractivity contribution in [1.29, 1.82) is 0 Å². The summed E-state index contributed by atoms with van der Waals surface area (Å²) in [7, 11) is 0. The molecule has 1 aromatic rings. The topological polar surface area (TPSA) is 15.3 Å². The van der Waals surface area contributed by atoms with E-state index in [0.29, 0.717) is 6.04 Å². The smallest absolute Gasteiger partial charge is 0.0599 e. The zero-order valence-corrected chi connectivity index (χ0v) is 14.0. The van der Waals surface area contributed by atoms with Gasteiger partial charge in [-0.1, -0.05) is 33.8 Å². The van der Waals surface area contributed by atoms with Crippen LogP contribution in [0.5, 0.6) is 0 Å². The Labute approximate surface area is 123 Å². The largest absolute Gasteiger partial charge is 0.308 e. The quantitative estimate of drug-likeness (QED) is 0.726. The van der Waals surface area contributed by atoms with Crippen LogP contribution in [0.25, 0.3) is 0 Å². The third kappa shape index (κ3) is 3.80. The van der Waals surface area contributed by atoms with E-state index in [1.807, 2.05) is 11.3 Å². The Hall–Kier alpha value is -0.380. The minimum absolute atomic E-state index is 0.184. The van der Waals surface area contributed by atoms with Crippen molar-refractivity contribution >= 4 is 11.3 Å². The summed E-state index contributed by atoms with van der Waals surface area (Å²) < 4.78 is 0. The third-order valence-electron chi connectivity index (χ3n) is 4.25. The van der Waals surface area contributed by atoms with E-state index in [2.05, 4.69) is 62.3 Å². The second-order valence-corrected chi connectivity index (χ2v) is 6.26. The van der Waals surface area contributed by atoms with E-state index in [9.17, 15) is 0 Å². The van der Waals surface area contributed by atoms with Gasteiger partial charge in [0.1, 0.15) is 0 Å². The van der Waals surface area contributed by atoms with Crippen LogP contribution in [0.2, 0.25) is 0 Å². The number of likely N-dealkylation sites (N-methyl/N-ethyl adjacent to an activating group) is 1. The lowest BCUT2D eigenvalue weighted by Gasteiger charge is -2.45. The summed E-state index contributed by atoms with van der Waals surface area (Å²) in [5.74, 6) is 0. The number of hydrogen-bond acceptors (Lipinski definition) is 3. The lowest BCUT2D eigenvalue weighted by molar-refractivity contribution is 0.0711. The maximum atomic E-state index is 3.78. The maximum absolute atomic E-state index is 3.78. The first kappa shape index (κ1) is 16.7. The van der Waals surface area contributed by atoms with Gasteiger partial charge >= 0.3 is 0 Å². The molecule has 0 bridgehead atoms. The molecule has 3 heteroatoms. The van der Waals surface area contributed by atoms with Gasteiger partial charge in [-0.25, -0.2) is 0 Å². The molecule has 0 amide bonds. The van der Waals surface area contributed by atoms with E-state index in [4.69, 9.17) is 0 Å². The summed E-state index contributed by atoms with van der Waals surface area (Å²) in [5.41, 5.74) is 0.184. The van der Waals surface area contributed by atoms with Crippen molar-refractivity contribution < 1.29 is 0 Å². The first-order valence-corrected chi connectivity index (χ1v) is 8.53.